The Bertz CT molecular complexity index is 264. The minimum absolute atomic E-state index is 0.0541. The van der Waals surface area contributed by atoms with Gasteiger partial charge in [0.2, 0.25) is 0 Å². The molecule has 0 heterocycles. The van der Waals surface area contributed by atoms with Gasteiger partial charge in [0.25, 0.3) is 0 Å². The summed E-state index contributed by atoms with van der Waals surface area (Å²) in [7, 11) is 1.34. The normalized spacial score (nSPS) is 16.9. The summed E-state index contributed by atoms with van der Waals surface area (Å²) in [5.41, 5.74) is -0.761. The summed E-state index contributed by atoms with van der Waals surface area (Å²) in [6, 6.07) is 0. The number of hydrogen-bond donors (Lipinski definition) is 0. The van der Waals surface area contributed by atoms with Gasteiger partial charge in [-0.1, -0.05) is 6.08 Å². The number of ketones is 1. The van der Waals surface area contributed by atoms with Gasteiger partial charge in [-0.05, 0) is 32.1 Å². The van der Waals surface area contributed by atoms with E-state index in [2.05, 4.69) is 11.3 Å². The minimum atomic E-state index is -0.761. The number of methoxy groups -OCH3 is 1. The molecule has 1 saturated carbocycles. The van der Waals surface area contributed by atoms with E-state index < -0.39 is 5.41 Å². The highest BCUT2D eigenvalue weighted by atomic mass is 16.5. The molecule has 0 atom stereocenters. The van der Waals surface area contributed by atoms with Crippen molar-refractivity contribution in [3.63, 3.8) is 0 Å². The Morgan fingerprint density at radius 2 is 2.07 bits per heavy atom. The summed E-state index contributed by atoms with van der Waals surface area (Å²) in [6.07, 6.45) is 6.40. The molecule has 0 aromatic heterocycles. The van der Waals surface area contributed by atoms with Gasteiger partial charge in [-0.25, -0.2) is 0 Å². The van der Waals surface area contributed by atoms with Gasteiger partial charge in [0.1, 0.15) is 11.2 Å². The Labute approximate surface area is 90.5 Å². The Morgan fingerprint density at radius 3 is 2.53 bits per heavy atom. The van der Waals surface area contributed by atoms with Gasteiger partial charge in [-0.15, -0.1) is 6.58 Å². The van der Waals surface area contributed by atoms with Gasteiger partial charge in [-0.2, -0.15) is 0 Å². The van der Waals surface area contributed by atoms with Crippen molar-refractivity contribution in [3.8, 4) is 0 Å². The molecular weight excluding hydrogens is 192 g/mol. The van der Waals surface area contributed by atoms with Crippen LogP contribution in [0.25, 0.3) is 0 Å². The molecule has 1 aliphatic rings. The van der Waals surface area contributed by atoms with E-state index in [1.165, 1.54) is 7.11 Å². The lowest BCUT2D eigenvalue weighted by atomic mass is 9.96. The van der Waals surface area contributed by atoms with Crippen molar-refractivity contribution in [1.29, 1.82) is 0 Å². The molecule has 0 bridgehead atoms. The van der Waals surface area contributed by atoms with Crippen LogP contribution in [-0.2, 0) is 14.3 Å². The Hall–Kier alpha value is -1.12. The molecule has 1 fully saturated rings. The third-order valence-electron chi connectivity index (χ3n) is 2.92. The lowest BCUT2D eigenvalue weighted by molar-refractivity contribution is -0.151. The van der Waals surface area contributed by atoms with E-state index in [0.29, 0.717) is 19.3 Å². The van der Waals surface area contributed by atoms with Crippen LogP contribution in [0.2, 0.25) is 0 Å². The predicted octanol–water partition coefficient (Wildman–Crippen LogP) is 2.26. The SMILES string of the molecule is C=CCCCCC(=O)C1(C(=O)OC)CC1. The summed E-state index contributed by atoms with van der Waals surface area (Å²) < 4.78 is 4.65. The molecule has 0 amide bonds. The van der Waals surface area contributed by atoms with E-state index in [1.807, 2.05) is 6.08 Å². The number of hydrogen-bond acceptors (Lipinski definition) is 3. The molecule has 0 saturated heterocycles. The molecule has 0 spiro atoms. The standard InChI is InChI=1S/C12H18O3/c1-3-4-5-6-7-10(13)12(8-9-12)11(14)15-2/h3H,1,4-9H2,2H3. The van der Waals surface area contributed by atoms with Crippen molar-refractivity contribution in [2.45, 2.75) is 38.5 Å². The second-order valence-electron chi connectivity index (χ2n) is 4.03. The smallest absolute Gasteiger partial charge is 0.319 e. The zero-order valence-corrected chi connectivity index (χ0v) is 9.25. The maximum atomic E-state index is 11.8. The summed E-state index contributed by atoms with van der Waals surface area (Å²) in [5.74, 6) is -0.297. The Kier molecular flexibility index (Phi) is 4.06. The molecule has 0 N–H and O–H groups in total. The highest BCUT2D eigenvalue weighted by molar-refractivity contribution is 6.06. The third-order valence-corrected chi connectivity index (χ3v) is 2.92. The summed E-state index contributed by atoms with van der Waals surface area (Å²) in [5, 5.41) is 0. The first kappa shape index (κ1) is 12.0. The van der Waals surface area contributed by atoms with Crippen LogP contribution in [0, 0.1) is 5.41 Å². The second kappa shape index (κ2) is 5.10. The zero-order chi connectivity index (χ0) is 11.3. The quantitative estimate of drug-likeness (QED) is 0.280. The van der Waals surface area contributed by atoms with Crippen molar-refractivity contribution < 1.29 is 14.3 Å². The van der Waals surface area contributed by atoms with Crippen LogP contribution in [0.15, 0.2) is 12.7 Å². The number of carbonyl (C=O) groups is 2. The lowest BCUT2D eigenvalue weighted by Crippen LogP contribution is -2.26. The van der Waals surface area contributed by atoms with Gasteiger partial charge in [0.05, 0.1) is 7.11 Å². The lowest BCUT2D eigenvalue weighted by Gasteiger charge is -2.10. The Balaban J connectivity index is 2.34. The predicted molar refractivity (Wildman–Crippen MR) is 57.4 cm³/mol. The molecule has 3 nitrogen and oxygen atoms in total. The highest BCUT2D eigenvalue weighted by Gasteiger charge is 2.56. The highest BCUT2D eigenvalue weighted by Crippen LogP contribution is 2.48. The van der Waals surface area contributed by atoms with Crippen LogP contribution in [0.1, 0.15) is 38.5 Å². The second-order valence-corrected chi connectivity index (χ2v) is 4.03. The number of carbonyl (C=O) groups excluding carboxylic acids is 2. The van der Waals surface area contributed by atoms with Gasteiger partial charge >= 0.3 is 5.97 Å². The van der Waals surface area contributed by atoms with Gasteiger partial charge < -0.3 is 4.74 Å². The number of allylic oxidation sites excluding steroid dienone is 1. The van der Waals surface area contributed by atoms with E-state index in [-0.39, 0.29) is 11.8 Å². The van der Waals surface area contributed by atoms with Gasteiger partial charge in [0, 0.05) is 6.42 Å². The largest absolute Gasteiger partial charge is 0.468 e. The third kappa shape index (κ3) is 2.67. The number of Topliss-reactive ketones (excluding diaryl/α,β-unsaturated/α-hetero) is 1. The molecule has 84 valence electrons. The number of unbranched alkanes of at least 4 members (excludes halogenated alkanes) is 2. The van der Waals surface area contributed by atoms with Gasteiger partial charge in [-0.3, -0.25) is 9.59 Å². The van der Waals surface area contributed by atoms with Crippen LogP contribution in [-0.4, -0.2) is 18.9 Å². The fraction of sp³-hybridized carbons (Fsp3) is 0.667. The first-order valence-corrected chi connectivity index (χ1v) is 5.40. The van der Waals surface area contributed by atoms with Crippen molar-refractivity contribution in [1.82, 2.24) is 0 Å². The molecule has 0 radical (unpaired) electrons. The number of rotatable bonds is 7. The van der Waals surface area contributed by atoms with Crippen molar-refractivity contribution in [2.75, 3.05) is 7.11 Å². The summed E-state index contributed by atoms with van der Waals surface area (Å²) in [4.78, 5) is 23.1. The van der Waals surface area contributed by atoms with Gasteiger partial charge in [0.15, 0.2) is 0 Å². The number of esters is 1. The van der Waals surface area contributed by atoms with Crippen molar-refractivity contribution in [3.05, 3.63) is 12.7 Å². The maximum Gasteiger partial charge on any atom is 0.319 e. The molecule has 0 aromatic carbocycles. The van der Waals surface area contributed by atoms with Crippen LogP contribution < -0.4 is 0 Å². The maximum absolute atomic E-state index is 11.8. The molecule has 15 heavy (non-hydrogen) atoms. The fourth-order valence-electron chi connectivity index (χ4n) is 1.73. The van der Waals surface area contributed by atoms with E-state index in [1.54, 1.807) is 0 Å². The van der Waals surface area contributed by atoms with E-state index in [4.69, 9.17) is 0 Å². The van der Waals surface area contributed by atoms with Crippen molar-refractivity contribution >= 4 is 11.8 Å². The van der Waals surface area contributed by atoms with Crippen LogP contribution in [0.5, 0.6) is 0 Å². The average molecular weight is 210 g/mol. The summed E-state index contributed by atoms with van der Waals surface area (Å²) in [6.45, 7) is 3.62. The molecule has 0 aliphatic heterocycles. The molecule has 0 unspecified atom stereocenters. The molecule has 0 aromatic rings. The van der Waals surface area contributed by atoms with E-state index >= 15 is 0 Å². The molecule has 1 aliphatic carbocycles. The van der Waals surface area contributed by atoms with Crippen LogP contribution in [0.4, 0.5) is 0 Å². The van der Waals surface area contributed by atoms with Crippen LogP contribution >= 0.6 is 0 Å². The number of ether oxygens (including phenoxy) is 1. The average Bonchev–Trinajstić information content (AvgIpc) is 3.04. The van der Waals surface area contributed by atoms with Crippen molar-refractivity contribution in [2.24, 2.45) is 5.41 Å². The fourth-order valence-corrected chi connectivity index (χ4v) is 1.73. The molecule has 1 rings (SSSR count). The zero-order valence-electron chi connectivity index (χ0n) is 9.25. The Morgan fingerprint density at radius 1 is 1.40 bits per heavy atom. The van der Waals surface area contributed by atoms with E-state index in [9.17, 15) is 9.59 Å². The van der Waals surface area contributed by atoms with E-state index in [0.717, 1.165) is 19.3 Å². The first-order chi connectivity index (χ1) is 7.17. The minimum Gasteiger partial charge on any atom is -0.468 e. The van der Waals surface area contributed by atoms with Crippen LogP contribution in [0.3, 0.4) is 0 Å². The topological polar surface area (TPSA) is 43.4 Å². The monoisotopic (exact) mass is 210 g/mol. The summed E-state index contributed by atoms with van der Waals surface area (Å²) >= 11 is 0. The molecule has 3 heteroatoms. The molecular formula is C12H18O3. The first-order valence-electron chi connectivity index (χ1n) is 5.40.